The maximum absolute atomic E-state index is 12.5. The summed E-state index contributed by atoms with van der Waals surface area (Å²) in [6.45, 7) is 2.35. The van der Waals surface area contributed by atoms with E-state index in [1.54, 1.807) is 13.2 Å². The topological polar surface area (TPSA) is 57.1 Å². The molecule has 0 atom stereocenters. The lowest BCUT2D eigenvalue weighted by Gasteiger charge is -2.14. The van der Waals surface area contributed by atoms with E-state index in [-0.39, 0.29) is 11.6 Å². The summed E-state index contributed by atoms with van der Waals surface area (Å²) < 4.78 is 17.2. The lowest BCUT2D eigenvalue weighted by molar-refractivity contribution is -0.129. The Morgan fingerprint density at radius 1 is 0.912 bits per heavy atom. The third-order valence-corrected chi connectivity index (χ3v) is 5.69. The largest absolute Gasteiger partial charge is 0.493 e. The van der Waals surface area contributed by atoms with Crippen molar-refractivity contribution in [3.8, 4) is 11.5 Å². The summed E-state index contributed by atoms with van der Waals surface area (Å²) in [7, 11) is 1.59. The zero-order valence-electron chi connectivity index (χ0n) is 18.9. The number of hydrogen-bond donors (Lipinski definition) is 0. The number of para-hydroxylation sites is 1. The lowest BCUT2D eigenvalue weighted by atomic mass is 10.1. The zero-order chi connectivity index (χ0) is 23.5. The van der Waals surface area contributed by atoms with Crippen LogP contribution in [0.15, 0.2) is 95.6 Å². The quantitative estimate of drug-likeness (QED) is 0.264. The Labute approximate surface area is 197 Å². The number of benzene rings is 4. The number of cyclic esters (lactones) is 1. The van der Waals surface area contributed by atoms with Crippen LogP contribution in [-0.4, -0.2) is 19.0 Å². The minimum atomic E-state index is -0.501. The van der Waals surface area contributed by atoms with Crippen LogP contribution >= 0.6 is 0 Å². The number of aryl methyl sites for hydroxylation is 1. The molecule has 0 N–H and O–H groups in total. The predicted octanol–water partition coefficient (Wildman–Crippen LogP) is 6.08. The minimum absolute atomic E-state index is 0.207. The number of carbonyl (C=O) groups excluding carboxylic acids is 1. The molecule has 0 spiro atoms. The van der Waals surface area contributed by atoms with Crippen LogP contribution in [0.3, 0.4) is 0 Å². The monoisotopic (exact) mass is 449 g/mol. The summed E-state index contributed by atoms with van der Waals surface area (Å²) in [6, 6.07) is 27.5. The van der Waals surface area contributed by atoms with Crippen molar-refractivity contribution in [3.63, 3.8) is 0 Å². The van der Waals surface area contributed by atoms with Gasteiger partial charge in [-0.05, 0) is 47.5 Å². The van der Waals surface area contributed by atoms with Gasteiger partial charge in [0, 0.05) is 11.1 Å². The molecule has 0 saturated heterocycles. The molecule has 0 aliphatic carbocycles. The number of aliphatic imine (C=N–C) groups is 1. The SMILES string of the molecule is COc1cccc(/C=C2/N=C(c3ccc(C)cc3)OC2=O)c1OCc1cccc2ccccc12. The summed E-state index contributed by atoms with van der Waals surface area (Å²) in [5.41, 5.74) is 3.82. The van der Waals surface area contributed by atoms with E-state index in [0.717, 1.165) is 27.5 Å². The Morgan fingerprint density at radius 2 is 1.68 bits per heavy atom. The average Bonchev–Trinajstić information content (AvgIpc) is 3.23. The maximum atomic E-state index is 12.5. The number of nitrogens with zero attached hydrogens (tertiary/aromatic N) is 1. The van der Waals surface area contributed by atoms with Gasteiger partial charge in [0.1, 0.15) is 6.61 Å². The van der Waals surface area contributed by atoms with E-state index in [2.05, 4.69) is 23.2 Å². The van der Waals surface area contributed by atoms with E-state index in [1.807, 2.05) is 73.7 Å². The van der Waals surface area contributed by atoms with E-state index in [9.17, 15) is 4.79 Å². The lowest BCUT2D eigenvalue weighted by Crippen LogP contribution is -2.05. The van der Waals surface area contributed by atoms with Crippen LogP contribution in [0.5, 0.6) is 11.5 Å². The highest BCUT2D eigenvalue weighted by Gasteiger charge is 2.25. The van der Waals surface area contributed by atoms with Gasteiger partial charge in [0.05, 0.1) is 7.11 Å². The first kappa shape index (κ1) is 21.5. The molecule has 168 valence electrons. The second kappa shape index (κ2) is 9.24. The number of ether oxygens (including phenoxy) is 3. The molecule has 5 rings (SSSR count). The fourth-order valence-corrected chi connectivity index (χ4v) is 3.91. The number of rotatable bonds is 6. The van der Waals surface area contributed by atoms with E-state index < -0.39 is 5.97 Å². The Hall–Kier alpha value is -4.38. The van der Waals surface area contributed by atoms with Gasteiger partial charge in [-0.3, -0.25) is 0 Å². The van der Waals surface area contributed by atoms with Crippen LogP contribution in [0.4, 0.5) is 0 Å². The zero-order valence-corrected chi connectivity index (χ0v) is 18.9. The Bertz CT molecular complexity index is 1430. The number of esters is 1. The van der Waals surface area contributed by atoms with E-state index in [4.69, 9.17) is 14.2 Å². The van der Waals surface area contributed by atoms with Gasteiger partial charge in [0.25, 0.3) is 0 Å². The van der Waals surface area contributed by atoms with Gasteiger partial charge in [0.15, 0.2) is 17.2 Å². The van der Waals surface area contributed by atoms with Gasteiger partial charge in [-0.2, -0.15) is 0 Å². The average molecular weight is 450 g/mol. The standard InChI is InChI=1S/C29H23NO4/c1-19-13-15-21(16-14-19)28-30-25(29(31)34-28)17-22-9-6-12-26(32-2)27(22)33-18-23-10-5-8-20-7-3-4-11-24(20)23/h3-17H,18H2,1-2H3/b25-17+. The molecule has 0 bridgehead atoms. The Balaban J connectivity index is 1.47. The summed E-state index contributed by atoms with van der Waals surface area (Å²) in [5, 5.41) is 2.28. The second-order valence-corrected chi connectivity index (χ2v) is 8.01. The van der Waals surface area contributed by atoms with Gasteiger partial charge in [0.2, 0.25) is 5.90 Å². The van der Waals surface area contributed by atoms with Gasteiger partial charge < -0.3 is 14.2 Å². The third-order valence-electron chi connectivity index (χ3n) is 5.69. The normalized spacial score (nSPS) is 14.2. The van der Waals surface area contributed by atoms with Crippen molar-refractivity contribution in [2.75, 3.05) is 7.11 Å². The molecule has 0 saturated carbocycles. The molecule has 1 aliphatic rings. The molecular weight excluding hydrogens is 426 g/mol. The predicted molar refractivity (Wildman–Crippen MR) is 133 cm³/mol. The number of carbonyl (C=O) groups is 1. The highest BCUT2D eigenvalue weighted by atomic mass is 16.6. The molecule has 34 heavy (non-hydrogen) atoms. The van der Waals surface area contributed by atoms with Crippen molar-refractivity contribution in [3.05, 3.63) is 113 Å². The minimum Gasteiger partial charge on any atom is -0.493 e. The first-order valence-corrected chi connectivity index (χ1v) is 11.0. The highest BCUT2D eigenvalue weighted by Crippen LogP contribution is 2.34. The number of hydrogen-bond acceptors (Lipinski definition) is 5. The molecule has 1 heterocycles. The smallest absolute Gasteiger partial charge is 0.363 e. The summed E-state index contributed by atoms with van der Waals surface area (Å²) in [4.78, 5) is 17.0. The van der Waals surface area contributed by atoms with Crippen molar-refractivity contribution in [1.29, 1.82) is 0 Å². The van der Waals surface area contributed by atoms with Crippen LogP contribution in [0.25, 0.3) is 16.8 Å². The Morgan fingerprint density at radius 3 is 2.50 bits per heavy atom. The van der Waals surface area contributed by atoms with Crippen molar-refractivity contribution >= 4 is 28.7 Å². The molecule has 0 amide bonds. The van der Waals surface area contributed by atoms with Gasteiger partial charge in [-0.15, -0.1) is 0 Å². The van der Waals surface area contributed by atoms with Gasteiger partial charge in [-0.25, -0.2) is 9.79 Å². The first-order chi connectivity index (χ1) is 16.6. The van der Waals surface area contributed by atoms with Crippen molar-refractivity contribution in [2.45, 2.75) is 13.5 Å². The van der Waals surface area contributed by atoms with Crippen molar-refractivity contribution in [1.82, 2.24) is 0 Å². The van der Waals surface area contributed by atoms with E-state index in [1.165, 1.54) is 0 Å². The van der Waals surface area contributed by atoms with Crippen molar-refractivity contribution < 1.29 is 19.0 Å². The molecule has 0 fully saturated rings. The van der Waals surface area contributed by atoms with Gasteiger partial charge in [-0.1, -0.05) is 72.3 Å². The summed E-state index contributed by atoms with van der Waals surface area (Å²) in [5.74, 6) is 0.900. The number of fused-ring (bicyclic) bond motifs is 1. The van der Waals surface area contributed by atoms with E-state index in [0.29, 0.717) is 23.7 Å². The molecule has 0 unspecified atom stereocenters. The van der Waals surface area contributed by atoms with Crippen molar-refractivity contribution in [2.24, 2.45) is 4.99 Å². The summed E-state index contributed by atoms with van der Waals surface area (Å²) >= 11 is 0. The first-order valence-electron chi connectivity index (χ1n) is 11.0. The molecule has 5 heteroatoms. The van der Waals surface area contributed by atoms with Crippen LogP contribution in [0, 0.1) is 6.92 Å². The van der Waals surface area contributed by atoms with Crippen LogP contribution in [-0.2, 0) is 16.1 Å². The van der Waals surface area contributed by atoms with Crippen LogP contribution < -0.4 is 9.47 Å². The second-order valence-electron chi connectivity index (χ2n) is 8.01. The number of methoxy groups -OCH3 is 1. The molecule has 4 aromatic carbocycles. The molecule has 5 nitrogen and oxygen atoms in total. The third kappa shape index (κ3) is 4.28. The molecule has 4 aromatic rings. The molecule has 0 radical (unpaired) electrons. The van der Waals surface area contributed by atoms with E-state index >= 15 is 0 Å². The Kier molecular flexibility index (Phi) is 5.83. The maximum Gasteiger partial charge on any atom is 0.363 e. The molecule has 1 aliphatic heterocycles. The van der Waals surface area contributed by atoms with Gasteiger partial charge >= 0.3 is 5.97 Å². The fraction of sp³-hybridized carbons (Fsp3) is 0.103. The van der Waals surface area contributed by atoms with Crippen LogP contribution in [0.2, 0.25) is 0 Å². The summed E-state index contributed by atoms with van der Waals surface area (Å²) in [6.07, 6.45) is 1.67. The van der Waals surface area contributed by atoms with Crippen LogP contribution in [0.1, 0.15) is 22.3 Å². The molecular formula is C29H23NO4. The highest BCUT2D eigenvalue weighted by molar-refractivity contribution is 6.13. The fourth-order valence-electron chi connectivity index (χ4n) is 3.91. The molecule has 0 aromatic heterocycles.